The van der Waals surface area contributed by atoms with Crippen LogP contribution < -0.4 is 0 Å². The predicted octanol–water partition coefficient (Wildman–Crippen LogP) is 3.74. The standard InChI is InChI=1S/C16H11N3O2/c1-18-14-7-4-8-15(19(20)21)12(14)9-11-10-5-2-3-6-13(10)17-16(11)18/h2-9H,1H3. The molecule has 0 aromatic heterocycles. The number of aromatic nitrogens is 2. The van der Waals surface area contributed by atoms with Gasteiger partial charge in [0.1, 0.15) is 5.82 Å². The third kappa shape index (κ3) is 1.54. The Hall–Kier alpha value is -2.95. The van der Waals surface area contributed by atoms with E-state index in [0.29, 0.717) is 5.39 Å². The van der Waals surface area contributed by atoms with E-state index in [0.717, 1.165) is 27.8 Å². The number of hydrogen-bond donors (Lipinski definition) is 0. The van der Waals surface area contributed by atoms with E-state index in [2.05, 4.69) is 4.98 Å². The Labute approximate surface area is 119 Å². The molecule has 0 bridgehead atoms. The highest BCUT2D eigenvalue weighted by molar-refractivity contribution is 6.02. The molecule has 0 unspecified atom stereocenters. The van der Waals surface area contributed by atoms with Crippen molar-refractivity contribution in [2.75, 3.05) is 0 Å². The normalized spacial score (nSPS) is 11.5. The fourth-order valence-electron chi connectivity index (χ4n) is 2.89. The van der Waals surface area contributed by atoms with Crippen molar-refractivity contribution in [3.8, 4) is 11.4 Å². The van der Waals surface area contributed by atoms with Gasteiger partial charge in [-0.05, 0) is 18.2 Å². The molecule has 5 nitrogen and oxygen atoms in total. The number of nitrogens with zero attached hydrogens (tertiary/aromatic N) is 3. The summed E-state index contributed by atoms with van der Waals surface area (Å²) in [6.45, 7) is 0. The number of non-ortho nitro benzene ring substituents is 1. The van der Waals surface area contributed by atoms with Crippen molar-refractivity contribution >= 4 is 27.5 Å². The lowest BCUT2D eigenvalue weighted by Gasteiger charge is -2.11. The molecule has 0 N–H and O–H groups in total. The maximum absolute atomic E-state index is 11.2. The first-order valence-electron chi connectivity index (χ1n) is 6.58. The van der Waals surface area contributed by atoms with E-state index in [1.165, 1.54) is 6.07 Å². The summed E-state index contributed by atoms with van der Waals surface area (Å²) in [5.74, 6) is 0.837. The van der Waals surface area contributed by atoms with Crippen LogP contribution in [-0.2, 0) is 7.05 Å². The topological polar surface area (TPSA) is 61.0 Å². The molecule has 0 spiro atoms. The average molecular weight is 277 g/mol. The minimum absolute atomic E-state index is 0.121. The van der Waals surface area contributed by atoms with Crippen LogP contribution in [0.5, 0.6) is 0 Å². The zero-order valence-corrected chi connectivity index (χ0v) is 11.3. The van der Waals surface area contributed by atoms with Gasteiger partial charge in [0, 0.05) is 24.1 Å². The number of aryl methyl sites for hydroxylation is 1. The second kappa shape index (κ2) is 4.02. The highest BCUT2D eigenvalue weighted by Gasteiger charge is 2.20. The Kier molecular flexibility index (Phi) is 2.27. The van der Waals surface area contributed by atoms with Crippen LogP contribution >= 0.6 is 0 Å². The Balaban J connectivity index is 2.26. The summed E-state index contributed by atoms with van der Waals surface area (Å²) in [5, 5.41) is 12.9. The van der Waals surface area contributed by atoms with Gasteiger partial charge in [0.05, 0.1) is 21.3 Å². The van der Waals surface area contributed by atoms with Gasteiger partial charge in [-0.2, -0.15) is 0 Å². The molecular formula is C16H11N3O2. The number of nitro benzene ring substituents is 1. The van der Waals surface area contributed by atoms with Crippen LogP contribution in [0.4, 0.5) is 5.69 Å². The highest BCUT2D eigenvalue weighted by atomic mass is 16.6. The van der Waals surface area contributed by atoms with Crippen molar-refractivity contribution in [1.29, 1.82) is 0 Å². The number of fused-ring (bicyclic) bond motifs is 4. The second-order valence-electron chi connectivity index (χ2n) is 5.04. The second-order valence-corrected chi connectivity index (χ2v) is 5.04. The van der Waals surface area contributed by atoms with Crippen molar-refractivity contribution in [2.24, 2.45) is 7.05 Å². The van der Waals surface area contributed by atoms with E-state index in [-0.39, 0.29) is 10.6 Å². The number of nitro groups is 1. The van der Waals surface area contributed by atoms with Gasteiger partial charge in [0.15, 0.2) is 0 Å². The third-order valence-corrected chi connectivity index (χ3v) is 3.89. The molecule has 5 heteroatoms. The largest absolute Gasteiger partial charge is 0.328 e. The van der Waals surface area contributed by atoms with E-state index in [1.807, 2.05) is 48.0 Å². The Bertz CT molecular complexity index is 988. The van der Waals surface area contributed by atoms with Gasteiger partial charge in [-0.1, -0.05) is 24.3 Å². The summed E-state index contributed by atoms with van der Waals surface area (Å²) in [4.78, 5) is 15.5. The van der Waals surface area contributed by atoms with Crippen molar-refractivity contribution in [3.63, 3.8) is 0 Å². The van der Waals surface area contributed by atoms with Gasteiger partial charge in [-0.3, -0.25) is 10.1 Å². The van der Waals surface area contributed by atoms with Crippen LogP contribution in [0.15, 0.2) is 48.5 Å². The van der Waals surface area contributed by atoms with Crippen molar-refractivity contribution in [1.82, 2.24) is 9.55 Å². The zero-order chi connectivity index (χ0) is 14.6. The molecule has 2 aliphatic heterocycles. The number of hydrogen-bond acceptors (Lipinski definition) is 3. The first kappa shape index (κ1) is 11.8. The summed E-state index contributed by atoms with van der Waals surface area (Å²) in [6.07, 6.45) is 0. The smallest absolute Gasteiger partial charge is 0.278 e. The summed E-state index contributed by atoms with van der Waals surface area (Å²) in [5.41, 5.74) is 2.77. The van der Waals surface area contributed by atoms with Gasteiger partial charge in [0.2, 0.25) is 0 Å². The molecule has 2 aromatic carbocycles. The van der Waals surface area contributed by atoms with Crippen molar-refractivity contribution in [3.05, 3.63) is 58.6 Å². The first-order valence-corrected chi connectivity index (χ1v) is 6.58. The van der Waals surface area contributed by atoms with Crippen LogP contribution in [-0.4, -0.2) is 14.5 Å². The van der Waals surface area contributed by atoms with Crippen molar-refractivity contribution in [2.45, 2.75) is 0 Å². The first-order chi connectivity index (χ1) is 10.2. The minimum atomic E-state index is -0.341. The van der Waals surface area contributed by atoms with Gasteiger partial charge in [0.25, 0.3) is 5.69 Å². The molecule has 0 radical (unpaired) electrons. The SMILES string of the molecule is Cn1c2nc3ccccc3c-2cc2c([N+](=O)[O-])cccc21. The van der Waals surface area contributed by atoms with Gasteiger partial charge in [-0.25, -0.2) is 4.98 Å². The van der Waals surface area contributed by atoms with Crippen LogP contribution in [0.1, 0.15) is 0 Å². The fraction of sp³-hybridized carbons (Fsp3) is 0.0625. The Morgan fingerprint density at radius 1 is 1.10 bits per heavy atom. The number of pyridine rings is 1. The number of para-hydroxylation sites is 1. The van der Waals surface area contributed by atoms with Crippen LogP contribution in [0.2, 0.25) is 0 Å². The summed E-state index contributed by atoms with van der Waals surface area (Å²) in [7, 11) is 1.89. The molecular weight excluding hydrogens is 266 g/mol. The maximum Gasteiger partial charge on any atom is 0.278 e. The number of benzene rings is 2. The molecule has 0 amide bonds. The van der Waals surface area contributed by atoms with Crippen LogP contribution in [0, 0.1) is 10.1 Å². The molecule has 2 aliphatic rings. The monoisotopic (exact) mass is 277 g/mol. The van der Waals surface area contributed by atoms with Gasteiger partial charge < -0.3 is 4.57 Å². The van der Waals surface area contributed by atoms with Gasteiger partial charge in [-0.15, -0.1) is 0 Å². The lowest BCUT2D eigenvalue weighted by molar-refractivity contribution is -0.383. The average Bonchev–Trinajstić information content (AvgIpc) is 2.86. The van der Waals surface area contributed by atoms with E-state index >= 15 is 0 Å². The van der Waals surface area contributed by atoms with E-state index in [1.54, 1.807) is 6.07 Å². The van der Waals surface area contributed by atoms with E-state index < -0.39 is 0 Å². The Morgan fingerprint density at radius 3 is 2.71 bits per heavy atom. The predicted molar refractivity (Wildman–Crippen MR) is 81.5 cm³/mol. The molecule has 21 heavy (non-hydrogen) atoms. The Morgan fingerprint density at radius 2 is 1.90 bits per heavy atom. The molecule has 0 fully saturated rings. The minimum Gasteiger partial charge on any atom is -0.328 e. The lowest BCUT2D eigenvalue weighted by Crippen LogP contribution is -2.01. The van der Waals surface area contributed by atoms with Crippen LogP contribution in [0.3, 0.4) is 0 Å². The summed E-state index contributed by atoms with van der Waals surface area (Å²) in [6, 6.07) is 14.8. The van der Waals surface area contributed by atoms with E-state index in [4.69, 9.17) is 0 Å². The summed E-state index contributed by atoms with van der Waals surface area (Å²) >= 11 is 0. The molecule has 102 valence electrons. The molecule has 0 aliphatic carbocycles. The zero-order valence-electron chi connectivity index (χ0n) is 11.3. The molecule has 0 saturated carbocycles. The van der Waals surface area contributed by atoms with Crippen molar-refractivity contribution < 1.29 is 4.92 Å². The lowest BCUT2D eigenvalue weighted by atomic mass is 10.1. The quantitative estimate of drug-likeness (QED) is 0.393. The third-order valence-electron chi connectivity index (χ3n) is 3.89. The van der Waals surface area contributed by atoms with E-state index in [9.17, 15) is 10.1 Å². The highest BCUT2D eigenvalue weighted by Crippen LogP contribution is 2.36. The molecule has 2 heterocycles. The molecule has 4 rings (SSSR count). The van der Waals surface area contributed by atoms with Gasteiger partial charge >= 0.3 is 0 Å². The summed E-state index contributed by atoms with van der Waals surface area (Å²) < 4.78 is 1.91. The maximum atomic E-state index is 11.2. The fourth-order valence-corrected chi connectivity index (χ4v) is 2.89. The molecule has 2 aromatic rings. The van der Waals surface area contributed by atoms with Crippen LogP contribution in [0.25, 0.3) is 33.2 Å². The molecule has 0 atom stereocenters. The number of rotatable bonds is 1. The molecule has 0 saturated heterocycles.